The summed E-state index contributed by atoms with van der Waals surface area (Å²) in [5.74, 6) is 4.33. The molecule has 2 aliphatic carbocycles. The summed E-state index contributed by atoms with van der Waals surface area (Å²) in [6.07, 6.45) is 47.5. The molecule has 1 aromatic rings. The molecule has 0 radical (unpaired) electrons. The standard InChI is InChI=1S/C8H12S.C8H16.4C7H16O.3C6H12.2C3H8/c1-3-7-5-6-9-8(7)4-2;1-2-8-6-4-3-5-7-8;2*1-3-4-5-7(2)6-8;2*1-3-5-7(4-2)6-8;1-2-6-4-3-5-6;2*1-3-5-6-4-2;2*1-3-2/h5-6H,3-4H2,1-2H3;8H,2-7H2,1H3;4*7-8H,3-6H2,1-2H3;6H,2-5H2,1H3;2*5-6H,3-4H2,1-2H3;2*3H2,1-2H3/b;;;;;;;6-5+;6-5-;;. The molecule has 446 valence electrons. The van der Waals surface area contributed by atoms with Crippen LogP contribution >= 0.6 is 11.3 Å². The summed E-state index contributed by atoms with van der Waals surface area (Å²) in [6, 6.07) is 2.23. The Balaban J connectivity index is -0.000000107. The first-order valence-electron chi connectivity index (χ1n) is 32.0. The summed E-state index contributed by atoms with van der Waals surface area (Å²) in [5, 5.41) is 36.6. The highest BCUT2D eigenvalue weighted by Gasteiger charge is 2.13. The van der Waals surface area contributed by atoms with Crippen LogP contribution in [0.25, 0.3) is 0 Å². The number of aryl methyl sites for hydroxylation is 2. The molecule has 4 unspecified atom stereocenters. The fraction of sp³-hybridized carbons (Fsp3) is 0.882. The Kier molecular flexibility index (Phi) is 103. The van der Waals surface area contributed by atoms with Gasteiger partial charge >= 0.3 is 0 Å². The summed E-state index contributed by atoms with van der Waals surface area (Å²) in [5.41, 5.74) is 1.53. The summed E-state index contributed by atoms with van der Waals surface area (Å²) in [6.45, 7) is 44.6. The van der Waals surface area contributed by atoms with E-state index < -0.39 is 0 Å². The summed E-state index contributed by atoms with van der Waals surface area (Å²) >= 11 is 1.87. The molecule has 4 nitrogen and oxygen atoms in total. The van der Waals surface area contributed by atoms with E-state index in [9.17, 15) is 0 Å². The van der Waals surface area contributed by atoms with E-state index in [0.717, 1.165) is 24.7 Å². The lowest BCUT2D eigenvalue weighted by Gasteiger charge is -2.22. The molecule has 0 saturated heterocycles. The number of unbranched alkanes of at least 4 members (excludes halogenated alkanes) is 2. The molecule has 0 bridgehead atoms. The molecule has 1 aromatic heterocycles. The van der Waals surface area contributed by atoms with E-state index in [1.54, 1.807) is 4.88 Å². The smallest absolute Gasteiger partial charge is 0.0459 e. The minimum Gasteiger partial charge on any atom is -0.396 e. The van der Waals surface area contributed by atoms with Crippen molar-refractivity contribution < 1.29 is 20.4 Å². The van der Waals surface area contributed by atoms with Gasteiger partial charge in [0, 0.05) is 31.3 Å². The first kappa shape index (κ1) is 88.6. The average molecular weight is 1060 g/mol. The minimum absolute atomic E-state index is 0.347. The summed E-state index contributed by atoms with van der Waals surface area (Å²) in [4.78, 5) is 1.55. The zero-order chi connectivity index (χ0) is 57.6. The summed E-state index contributed by atoms with van der Waals surface area (Å²) in [7, 11) is 0. The van der Waals surface area contributed by atoms with Crippen LogP contribution in [0.1, 0.15) is 329 Å². The number of hydrogen-bond acceptors (Lipinski definition) is 5. The van der Waals surface area contributed by atoms with Crippen LogP contribution < -0.4 is 0 Å². The average Bonchev–Trinajstić information content (AvgIpc) is 3.89. The van der Waals surface area contributed by atoms with Gasteiger partial charge in [-0.1, -0.05) is 291 Å². The molecule has 3 rings (SSSR count). The first-order valence-corrected chi connectivity index (χ1v) is 32.9. The molecular weight excluding hydrogens is 913 g/mol. The molecule has 2 saturated carbocycles. The molecule has 0 spiro atoms. The summed E-state index contributed by atoms with van der Waals surface area (Å²) < 4.78 is 0. The maximum atomic E-state index is 8.66. The third-order valence-corrected chi connectivity index (χ3v) is 13.8. The number of hydrogen-bond donors (Lipinski definition) is 4. The monoisotopic (exact) mass is 1060 g/mol. The highest BCUT2D eigenvalue weighted by atomic mass is 32.1. The van der Waals surface area contributed by atoms with E-state index in [1.165, 1.54) is 185 Å². The third-order valence-electron chi connectivity index (χ3n) is 12.7. The van der Waals surface area contributed by atoms with Crippen molar-refractivity contribution in [3.05, 3.63) is 46.2 Å². The van der Waals surface area contributed by atoms with Crippen molar-refractivity contribution in [1.29, 1.82) is 0 Å². The maximum absolute atomic E-state index is 8.66. The van der Waals surface area contributed by atoms with Crippen molar-refractivity contribution in [2.75, 3.05) is 26.4 Å². The van der Waals surface area contributed by atoms with E-state index in [0.29, 0.717) is 50.1 Å². The van der Waals surface area contributed by atoms with Crippen molar-refractivity contribution in [3.8, 4) is 0 Å². The van der Waals surface area contributed by atoms with E-state index in [-0.39, 0.29) is 0 Å². The first-order chi connectivity index (χ1) is 35.2. The molecule has 4 atom stereocenters. The van der Waals surface area contributed by atoms with Gasteiger partial charge in [0.2, 0.25) is 0 Å². The quantitative estimate of drug-likeness (QED) is 0.0778. The Hall–Kier alpha value is -0.980. The number of rotatable bonds is 24. The third kappa shape index (κ3) is 85.2. The van der Waals surface area contributed by atoms with Crippen molar-refractivity contribution >= 4 is 11.3 Å². The number of aliphatic hydroxyl groups is 4. The molecule has 0 aromatic carbocycles. The second kappa shape index (κ2) is 85.0. The Morgan fingerprint density at radius 3 is 0.959 bits per heavy atom. The molecule has 5 heteroatoms. The van der Waals surface area contributed by atoms with Crippen LogP contribution in [0.2, 0.25) is 0 Å². The Labute approximate surface area is 468 Å². The van der Waals surface area contributed by atoms with Crippen LogP contribution in [-0.2, 0) is 12.8 Å². The molecule has 1 heterocycles. The SMILES string of the molecule is CC/C=C/CC.CC/C=C\CC.CCC.CCC.CCC1CCC1.CCC1CCCCC1.CCCC(CC)CO.CCCC(CC)CO.CCCCC(C)CO.CCCCC(C)CO.CCc1ccsc1CC. The lowest BCUT2D eigenvalue weighted by molar-refractivity contribution is 0.214. The zero-order valence-corrected chi connectivity index (χ0v) is 55.0. The van der Waals surface area contributed by atoms with Crippen molar-refractivity contribution in [3.63, 3.8) is 0 Å². The van der Waals surface area contributed by atoms with E-state index in [4.69, 9.17) is 20.4 Å². The highest BCUT2D eigenvalue weighted by molar-refractivity contribution is 7.10. The topological polar surface area (TPSA) is 80.9 Å². The van der Waals surface area contributed by atoms with E-state index >= 15 is 0 Å². The van der Waals surface area contributed by atoms with Crippen molar-refractivity contribution in [1.82, 2.24) is 0 Å². The van der Waals surface area contributed by atoms with Crippen LogP contribution in [-0.4, -0.2) is 46.9 Å². The van der Waals surface area contributed by atoms with Gasteiger partial charge in [0.25, 0.3) is 0 Å². The van der Waals surface area contributed by atoms with Gasteiger partial charge in [-0.15, -0.1) is 11.3 Å². The Bertz CT molecular complexity index is 933. The Morgan fingerprint density at radius 2 is 0.795 bits per heavy atom. The molecular formula is C68H144O4S. The molecule has 0 aliphatic heterocycles. The predicted molar refractivity (Wildman–Crippen MR) is 342 cm³/mol. The predicted octanol–water partition coefficient (Wildman–Crippen LogP) is 22.8. The second-order valence-electron chi connectivity index (χ2n) is 20.5. The fourth-order valence-corrected chi connectivity index (χ4v) is 8.04. The lowest BCUT2D eigenvalue weighted by Crippen LogP contribution is -2.08. The van der Waals surface area contributed by atoms with Gasteiger partial charge in [0.05, 0.1) is 0 Å². The lowest BCUT2D eigenvalue weighted by atomic mass is 9.84. The normalized spacial score (nSPS) is 14.0. The highest BCUT2D eigenvalue weighted by Crippen LogP contribution is 2.28. The molecule has 2 fully saturated rings. The van der Waals surface area contributed by atoms with Crippen LogP contribution in [0.4, 0.5) is 0 Å². The zero-order valence-electron chi connectivity index (χ0n) is 54.2. The largest absolute Gasteiger partial charge is 0.396 e. The second-order valence-corrected chi connectivity index (χ2v) is 21.5. The maximum Gasteiger partial charge on any atom is 0.0459 e. The van der Waals surface area contributed by atoms with Crippen LogP contribution in [0.3, 0.4) is 0 Å². The number of thiophene rings is 1. The molecule has 0 amide bonds. The molecule has 2 aliphatic rings. The van der Waals surface area contributed by atoms with Crippen LogP contribution in [0.15, 0.2) is 35.8 Å². The van der Waals surface area contributed by atoms with Gasteiger partial charge in [0.15, 0.2) is 0 Å². The van der Waals surface area contributed by atoms with Crippen molar-refractivity contribution in [2.24, 2.45) is 35.5 Å². The fourth-order valence-electron chi connectivity index (χ4n) is 7.11. The minimum atomic E-state index is 0.347. The molecule has 4 N–H and O–H groups in total. The Morgan fingerprint density at radius 1 is 0.452 bits per heavy atom. The van der Waals surface area contributed by atoms with Gasteiger partial charge < -0.3 is 20.4 Å². The number of aliphatic hydroxyl groups excluding tert-OH is 4. The van der Waals surface area contributed by atoms with E-state index in [2.05, 4.69) is 174 Å². The van der Waals surface area contributed by atoms with E-state index in [1.807, 2.05) is 11.3 Å². The van der Waals surface area contributed by atoms with Gasteiger partial charge in [-0.2, -0.15) is 0 Å². The van der Waals surface area contributed by atoms with Crippen molar-refractivity contribution in [2.45, 2.75) is 331 Å². The van der Waals surface area contributed by atoms with Gasteiger partial charge in [-0.25, -0.2) is 0 Å². The van der Waals surface area contributed by atoms with Gasteiger partial charge in [-0.3, -0.25) is 0 Å². The van der Waals surface area contributed by atoms with Crippen LogP contribution in [0, 0.1) is 35.5 Å². The van der Waals surface area contributed by atoms with Gasteiger partial charge in [-0.05, 0) is 117 Å². The number of allylic oxidation sites excluding steroid dienone is 4. The van der Waals surface area contributed by atoms with Crippen LogP contribution in [0.5, 0.6) is 0 Å². The molecule has 73 heavy (non-hydrogen) atoms. The van der Waals surface area contributed by atoms with Gasteiger partial charge in [0.1, 0.15) is 0 Å².